The lowest BCUT2D eigenvalue weighted by Gasteiger charge is -2.08. The smallest absolute Gasteiger partial charge is 0.207 e. The molecule has 1 amide bonds. The van der Waals surface area contributed by atoms with E-state index >= 15 is 0 Å². The first-order valence-corrected chi connectivity index (χ1v) is 4.97. The summed E-state index contributed by atoms with van der Waals surface area (Å²) < 4.78 is 4.98. The maximum Gasteiger partial charge on any atom is 0.207 e. The molecule has 4 nitrogen and oxygen atoms in total. The predicted molar refractivity (Wildman–Crippen MR) is 44.1 cm³/mol. The van der Waals surface area contributed by atoms with Crippen molar-refractivity contribution in [1.29, 1.82) is 0 Å². The highest BCUT2D eigenvalue weighted by Gasteiger charge is 2.01. The van der Waals surface area contributed by atoms with Crippen LogP contribution >= 0.6 is 8.38 Å². The molecule has 0 heterocycles. The molecule has 0 aliphatic heterocycles. The Morgan fingerprint density at radius 2 is 2.45 bits per heavy atom. The van der Waals surface area contributed by atoms with E-state index in [0.29, 0.717) is 13.0 Å². The normalized spacial score (nSPS) is 12.5. The van der Waals surface area contributed by atoms with E-state index in [1.807, 2.05) is 6.92 Å². The zero-order valence-corrected chi connectivity index (χ0v) is 7.51. The number of carbonyl (C=O) groups is 1. The van der Waals surface area contributed by atoms with E-state index in [4.69, 9.17) is 9.42 Å². The Morgan fingerprint density at radius 1 is 1.73 bits per heavy atom. The van der Waals surface area contributed by atoms with Crippen LogP contribution in [0.15, 0.2) is 0 Å². The third-order valence-electron chi connectivity index (χ3n) is 1.05. The standard InChI is InChI=1S/C6H14NO3P/c1-2-3-4-10-11(9)6-7-5-8/h5,9H,2-4,6H2,1H3,(H,7,8). The molecule has 0 spiro atoms. The van der Waals surface area contributed by atoms with Crippen LogP contribution in [0.2, 0.25) is 0 Å². The molecule has 0 saturated heterocycles. The van der Waals surface area contributed by atoms with Gasteiger partial charge in [0, 0.05) is 0 Å². The molecule has 66 valence electrons. The summed E-state index contributed by atoms with van der Waals surface area (Å²) in [6.07, 6.45) is 2.77. The monoisotopic (exact) mass is 179 g/mol. The first-order valence-electron chi connectivity index (χ1n) is 3.57. The molecular weight excluding hydrogens is 165 g/mol. The number of hydrogen-bond acceptors (Lipinski definition) is 3. The van der Waals surface area contributed by atoms with Gasteiger partial charge in [-0.05, 0) is 6.42 Å². The fourth-order valence-corrected chi connectivity index (χ4v) is 1.14. The van der Waals surface area contributed by atoms with Gasteiger partial charge in [-0.15, -0.1) is 0 Å². The lowest BCUT2D eigenvalue weighted by molar-refractivity contribution is -0.109. The average molecular weight is 179 g/mol. The minimum absolute atomic E-state index is 0.225. The summed E-state index contributed by atoms with van der Waals surface area (Å²) in [5.74, 6) is 0. The second-order valence-corrected chi connectivity index (χ2v) is 3.30. The third kappa shape index (κ3) is 7.72. The molecule has 1 atom stereocenters. The Bertz CT molecular complexity index is 102. The lowest BCUT2D eigenvalue weighted by Crippen LogP contribution is -2.11. The number of nitrogens with one attached hydrogen (secondary N) is 1. The minimum Gasteiger partial charge on any atom is -0.350 e. The van der Waals surface area contributed by atoms with Crippen molar-refractivity contribution >= 4 is 14.8 Å². The van der Waals surface area contributed by atoms with Gasteiger partial charge in [-0.2, -0.15) is 0 Å². The van der Waals surface area contributed by atoms with Gasteiger partial charge in [0.05, 0.1) is 12.9 Å². The molecule has 1 unspecified atom stereocenters. The van der Waals surface area contributed by atoms with Crippen LogP contribution < -0.4 is 5.32 Å². The predicted octanol–water partition coefficient (Wildman–Crippen LogP) is 0.811. The highest BCUT2D eigenvalue weighted by Crippen LogP contribution is 2.28. The van der Waals surface area contributed by atoms with E-state index in [9.17, 15) is 4.79 Å². The summed E-state index contributed by atoms with van der Waals surface area (Å²) in [4.78, 5) is 18.8. The van der Waals surface area contributed by atoms with Gasteiger partial charge in [0.1, 0.15) is 0 Å². The summed E-state index contributed by atoms with van der Waals surface area (Å²) in [5, 5.41) is 2.35. The zero-order chi connectivity index (χ0) is 8.53. The first kappa shape index (κ1) is 10.8. The van der Waals surface area contributed by atoms with Gasteiger partial charge in [-0.25, -0.2) is 0 Å². The van der Waals surface area contributed by atoms with Crippen molar-refractivity contribution in [2.24, 2.45) is 0 Å². The lowest BCUT2D eigenvalue weighted by atomic mass is 10.4. The number of hydrogen-bond donors (Lipinski definition) is 2. The Balaban J connectivity index is 3.08. The van der Waals surface area contributed by atoms with E-state index in [-0.39, 0.29) is 6.29 Å². The molecule has 0 aliphatic carbocycles. The van der Waals surface area contributed by atoms with Crippen LogP contribution in [0.25, 0.3) is 0 Å². The van der Waals surface area contributed by atoms with Crippen molar-refractivity contribution in [2.45, 2.75) is 19.8 Å². The Morgan fingerprint density at radius 3 is 3.00 bits per heavy atom. The number of rotatable bonds is 7. The summed E-state index contributed by atoms with van der Waals surface area (Å²) >= 11 is 0. The molecule has 2 N–H and O–H groups in total. The van der Waals surface area contributed by atoms with Gasteiger partial charge in [0.25, 0.3) is 0 Å². The van der Waals surface area contributed by atoms with Crippen LogP contribution in [0.3, 0.4) is 0 Å². The highest BCUT2D eigenvalue weighted by atomic mass is 31.2. The van der Waals surface area contributed by atoms with Gasteiger partial charge in [0.15, 0.2) is 8.38 Å². The van der Waals surface area contributed by atoms with E-state index < -0.39 is 8.38 Å². The SMILES string of the molecule is CCCCOP(O)CNC=O. The van der Waals surface area contributed by atoms with E-state index in [0.717, 1.165) is 12.8 Å². The van der Waals surface area contributed by atoms with Crippen LogP contribution in [0.5, 0.6) is 0 Å². The fourth-order valence-electron chi connectivity index (χ4n) is 0.475. The van der Waals surface area contributed by atoms with Gasteiger partial charge in [-0.1, -0.05) is 13.3 Å². The molecule has 11 heavy (non-hydrogen) atoms. The fraction of sp³-hybridized carbons (Fsp3) is 0.833. The highest BCUT2D eigenvalue weighted by molar-refractivity contribution is 7.46. The van der Waals surface area contributed by atoms with E-state index in [1.54, 1.807) is 0 Å². The molecule has 0 bridgehead atoms. The molecule has 0 aromatic heterocycles. The maximum atomic E-state index is 9.77. The van der Waals surface area contributed by atoms with E-state index in [1.165, 1.54) is 0 Å². The minimum atomic E-state index is -1.44. The molecule has 0 radical (unpaired) electrons. The summed E-state index contributed by atoms with van der Waals surface area (Å²) in [7, 11) is -1.44. The number of amides is 1. The van der Waals surface area contributed by atoms with Crippen molar-refractivity contribution < 1.29 is 14.2 Å². The first-order chi connectivity index (χ1) is 5.31. The Hall–Kier alpha value is -0.180. The largest absolute Gasteiger partial charge is 0.350 e. The van der Waals surface area contributed by atoms with Gasteiger partial charge in [-0.3, -0.25) is 4.79 Å². The van der Waals surface area contributed by atoms with Crippen LogP contribution in [-0.4, -0.2) is 24.2 Å². The number of unbranched alkanes of at least 4 members (excludes halogenated alkanes) is 1. The molecular formula is C6H14NO3P. The van der Waals surface area contributed by atoms with Crippen molar-refractivity contribution in [2.75, 3.05) is 12.9 Å². The molecule has 0 aliphatic rings. The molecule has 0 aromatic rings. The van der Waals surface area contributed by atoms with Crippen molar-refractivity contribution in [1.82, 2.24) is 5.32 Å². The molecule has 0 rings (SSSR count). The average Bonchev–Trinajstić information content (AvgIpc) is 2.01. The second-order valence-electron chi connectivity index (χ2n) is 2.02. The zero-order valence-electron chi connectivity index (χ0n) is 6.62. The Kier molecular flexibility index (Phi) is 7.79. The van der Waals surface area contributed by atoms with Crippen LogP contribution in [0.4, 0.5) is 0 Å². The van der Waals surface area contributed by atoms with Gasteiger partial charge in [0.2, 0.25) is 6.41 Å². The number of carbonyl (C=O) groups excluding carboxylic acids is 1. The summed E-state index contributed by atoms with van der Waals surface area (Å²) in [6.45, 7) is 2.62. The Labute approximate surface area is 67.9 Å². The quantitative estimate of drug-likeness (QED) is 0.345. The maximum absolute atomic E-state index is 9.77. The van der Waals surface area contributed by atoms with Gasteiger partial charge < -0.3 is 14.7 Å². The molecule has 5 heteroatoms. The molecule has 0 fully saturated rings. The topological polar surface area (TPSA) is 58.6 Å². The van der Waals surface area contributed by atoms with Crippen LogP contribution in [0.1, 0.15) is 19.8 Å². The summed E-state index contributed by atoms with van der Waals surface area (Å²) in [5.41, 5.74) is 0. The van der Waals surface area contributed by atoms with Crippen molar-refractivity contribution in [3.8, 4) is 0 Å². The van der Waals surface area contributed by atoms with Crippen LogP contribution in [-0.2, 0) is 9.32 Å². The molecule has 0 saturated carbocycles. The summed E-state index contributed by atoms with van der Waals surface area (Å²) in [6, 6.07) is 0. The van der Waals surface area contributed by atoms with Crippen LogP contribution in [0, 0.1) is 0 Å². The molecule has 0 aromatic carbocycles. The second kappa shape index (κ2) is 7.92. The van der Waals surface area contributed by atoms with Gasteiger partial charge >= 0.3 is 0 Å². The van der Waals surface area contributed by atoms with E-state index in [2.05, 4.69) is 5.32 Å². The van der Waals surface area contributed by atoms with Crippen molar-refractivity contribution in [3.05, 3.63) is 0 Å². The third-order valence-corrected chi connectivity index (χ3v) is 1.98. The van der Waals surface area contributed by atoms with Crippen molar-refractivity contribution in [3.63, 3.8) is 0 Å².